The van der Waals surface area contributed by atoms with E-state index in [1.54, 1.807) is 0 Å². The number of hydrogen-bond donors (Lipinski definition) is 0. The van der Waals surface area contributed by atoms with Gasteiger partial charge in [0.1, 0.15) is 0 Å². The lowest BCUT2D eigenvalue weighted by molar-refractivity contribution is 0.286. The number of nitrogens with zero attached hydrogens (tertiary/aromatic N) is 1. The Bertz CT molecular complexity index is 644. The molecule has 0 radical (unpaired) electrons. The van der Waals surface area contributed by atoms with Crippen LogP contribution in [0.5, 0.6) is 0 Å². The highest BCUT2D eigenvalue weighted by Gasteiger charge is 2.40. The van der Waals surface area contributed by atoms with E-state index in [4.69, 9.17) is 0 Å². The summed E-state index contributed by atoms with van der Waals surface area (Å²) in [5.41, 5.74) is 4.24. The molecule has 0 saturated carbocycles. The molecule has 1 fully saturated rings. The normalized spacial score (nSPS) is 25.7. The molecule has 0 amide bonds. The van der Waals surface area contributed by atoms with Crippen LogP contribution >= 0.6 is 0 Å². The fourth-order valence-electron chi connectivity index (χ4n) is 4.12. The highest BCUT2D eigenvalue weighted by molar-refractivity contribution is 5.54. The Morgan fingerprint density at radius 2 is 1.65 bits per heavy atom. The Hall–Kier alpha value is -1.86. The van der Waals surface area contributed by atoms with Crippen LogP contribution in [-0.4, -0.2) is 24.0 Å². The Kier molecular flexibility index (Phi) is 4.97. The number of likely N-dealkylation sites (tertiary alicyclic amines) is 1. The van der Waals surface area contributed by atoms with E-state index in [-0.39, 0.29) is 0 Å². The van der Waals surface area contributed by atoms with Crippen LogP contribution in [-0.2, 0) is 0 Å². The molecule has 0 bridgehead atoms. The summed E-state index contributed by atoms with van der Waals surface area (Å²) in [6.45, 7) is 9.27. The average molecular weight is 305 g/mol. The van der Waals surface area contributed by atoms with Gasteiger partial charge in [-0.2, -0.15) is 0 Å². The first-order valence-corrected chi connectivity index (χ1v) is 8.73. The van der Waals surface area contributed by atoms with Crippen molar-refractivity contribution in [2.45, 2.75) is 32.7 Å². The van der Waals surface area contributed by atoms with Gasteiger partial charge in [-0.1, -0.05) is 86.2 Å². The lowest BCUT2D eigenvalue weighted by Crippen LogP contribution is -2.32. The van der Waals surface area contributed by atoms with E-state index in [1.807, 2.05) is 0 Å². The van der Waals surface area contributed by atoms with Gasteiger partial charge >= 0.3 is 0 Å². The Morgan fingerprint density at radius 3 is 2.26 bits per heavy atom. The van der Waals surface area contributed by atoms with Crippen molar-refractivity contribution >= 4 is 6.08 Å². The summed E-state index contributed by atoms with van der Waals surface area (Å²) >= 11 is 0. The van der Waals surface area contributed by atoms with Gasteiger partial charge in [0.15, 0.2) is 0 Å². The Labute approximate surface area is 140 Å². The predicted octanol–water partition coefficient (Wildman–Crippen LogP) is 5.21. The first-order valence-electron chi connectivity index (χ1n) is 8.73. The third-order valence-electron chi connectivity index (χ3n) is 5.12. The van der Waals surface area contributed by atoms with Crippen molar-refractivity contribution in [1.82, 2.24) is 4.90 Å². The smallest absolute Gasteiger partial charge is 0.0379 e. The van der Waals surface area contributed by atoms with E-state index in [1.165, 1.54) is 23.2 Å². The van der Waals surface area contributed by atoms with Crippen LogP contribution in [0.3, 0.4) is 0 Å². The lowest BCUT2D eigenvalue weighted by Gasteiger charge is -2.29. The molecule has 0 aliphatic carbocycles. The quantitative estimate of drug-likeness (QED) is 0.749. The molecule has 1 aliphatic heterocycles. The van der Waals surface area contributed by atoms with E-state index in [9.17, 15) is 0 Å². The highest BCUT2D eigenvalue weighted by atomic mass is 15.2. The van der Waals surface area contributed by atoms with Crippen molar-refractivity contribution in [3.05, 3.63) is 77.4 Å². The number of likely N-dealkylation sites (N-methyl/N-ethyl adjacent to an activating group) is 1. The Morgan fingerprint density at radius 1 is 1.04 bits per heavy atom. The summed E-state index contributed by atoms with van der Waals surface area (Å²) in [6.07, 6.45) is 2.36. The van der Waals surface area contributed by atoms with Crippen molar-refractivity contribution in [3.63, 3.8) is 0 Å². The topological polar surface area (TPSA) is 3.24 Å². The molecule has 23 heavy (non-hydrogen) atoms. The zero-order chi connectivity index (χ0) is 16.2. The largest absolute Gasteiger partial charge is 0.296 e. The molecule has 1 heteroatoms. The van der Waals surface area contributed by atoms with Gasteiger partial charge in [0.2, 0.25) is 0 Å². The third-order valence-corrected chi connectivity index (χ3v) is 5.12. The summed E-state index contributed by atoms with van der Waals surface area (Å²) in [6, 6.07) is 22.2. The molecule has 0 N–H and O–H groups in total. The minimum absolute atomic E-state index is 0.498. The minimum atomic E-state index is 0.498. The van der Waals surface area contributed by atoms with Gasteiger partial charge in [-0.25, -0.2) is 0 Å². The molecule has 0 aromatic heterocycles. The van der Waals surface area contributed by atoms with Crippen LogP contribution in [0, 0.1) is 5.92 Å². The second-order valence-electron chi connectivity index (χ2n) is 6.75. The van der Waals surface area contributed by atoms with Gasteiger partial charge in [0.05, 0.1) is 0 Å². The van der Waals surface area contributed by atoms with Crippen LogP contribution in [0.1, 0.15) is 37.8 Å². The summed E-state index contributed by atoms with van der Waals surface area (Å²) in [7, 11) is 0. The maximum Gasteiger partial charge on any atom is 0.0379 e. The molecular weight excluding hydrogens is 278 g/mol. The lowest BCUT2D eigenvalue weighted by atomic mass is 9.82. The molecule has 0 spiro atoms. The van der Waals surface area contributed by atoms with Gasteiger partial charge in [-0.05, 0) is 30.5 Å². The highest BCUT2D eigenvalue weighted by Crippen LogP contribution is 2.41. The summed E-state index contributed by atoms with van der Waals surface area (Å²) < 4.78 is 0. The standard InChI is InChI=1S/C22H27N/c1-4-23-16-18(3)21(20-13-9-6-10-14-20)22(23)17(2)15-19-11-7-5-8-12-19/h5-15,18,21-22H,4,16H2,1-3H3/t18-,21+,22+/m0/s1. The van der Waals surface area contributed by atoms with Crippen molar-refractivity contribution < 1.29 is 0 Å². The zero-order valence-electron chi connectivity index (χ0n) is 14.4. The molecule has 120 valence electrons. The van der Waals surface area contributed by atoms with Crippen molar-refractivity contribution in [1.29, 1.82) is 0 Å². The Balaban J connectivity index is 1.96. The summed E-state index contributed by atoms with van der Waals surface area (Å²) in [5.74, 6) is 1.26. The van der Waals surface area contributed by atoms with Crippen molar-refractivity contribution in [2.24, 2.45) is 5.92 Å². The van der Waals surface area contributed by atoms with Gasteiger partial charge < -0.3 is 0 Å². The number of rotatable bonds is 4. The van der Waals surface area contributed by atoms with Crippen molar-refractivity contribution in [2.75, 3.05) is 13.1 Å². The van der Waals surface area contributed by atoms with E-state index in [0.717, 1.165) is 6.54 Å². The molecule has 2 aromatic carbocycles. The fourth-order valence-corrected chi connectivity index (χ4v) is 4.12. The molecule has 1 saturated heterocycles. The molecular formula is C22H27N. The van der Waals surface area contributed by atoms with Crippen LogP contribution in [0.2, 0.25) is 0 Å². The van der Waals surface area contributed by atoms with Gasteiger partial charge in [-0.15, -0.1) is 0 Å². The monoisotopic (exact) mass is 305 g/mol. The van der Waals surface area contributed by atoms with Gasteiger partial charge in [0.25, 0.3) is 0 Å². The maximum atomic E-state index is 2.64. The van der Waals surface area contributed by atoms with E-state index < -0.39 is 0 Å². The van der Waals surface area contributed by atoms with E-state index in [2.05, 4.69) is 92.4 Å². The first kappa shape index (κ1) is 16.0. The summed E-state index contributed by atoms with van der Waals surface area (Å²) in [4.78, 5) is 2.64. The first-order chi connectivity index (χ1) is 11.2. The second-order valence-corrected chi connectivity index (χ2v) is 6.75. The van der Waals surface area contributed by atoms with Crippen LogP contribution < -0.4 is 0 Å². The molecule has 1 heterocycles. The molecule has 1 aliphatic rings. The summed E-state index contributed by atoms with van der Waals surface area (Å²) in [5, 5.41) is 0. The molecule has 3 rings (SSSR count). The van der Waals surface area contributed by atoms with Crippen LogP contribution in [0.4, 0.5) is 0 Å². The van der Waals surface area contributed by atoms with E-state index in [0.29, 0.717) is 17.9 Å². The van der Waals surface area contributed by atoms with Gasteiger partial charge in [-0.3, -0.25) is 4.90 Å². The molecule has 0 unspecified atom stereocenters. The van der Waals surface area contributed by atoms with E-state index >= 15 is 0 Å². The SMILES string of the molecule is CCN1C[C@H](C)[C@H](c2ccccc2)[C@H]1C(C)=Cc1ccccc1. The number of hydrogen-bond acceptors (Lipinski definition) is 1. The average Bonchev–Trinajstić information content (AvgIpc) is 2.93. The van der Waals surface area contributed by atoms with Crippen molar-refractivity contribution in [3.8, 4) is 0 Å². The molecule has 2 aromatic rings. The van der Waals surface area contributed by atoms with Gasteiger partial charge in [0, 0.05) is 18.5 Å². The van der Waals surface area contributed by atoms with Crippen LogP contribution in [0.15, 0.2) is 66.2 Å². The maximum absolute atomic E-state index is 2.64. The predicted molar refractivity (Wildman–Crippen MR) is 99.5 cm³/mol. The van der Waals surface area contributed by atoms with Crippen LogP contribution in [0.25, 0.3) is 6.08 Å². The zero-order valence-corrected chi connectivity index (χ0v) is 14.4. The minimum Gasteiger partial charge on any atom is -0.296 e. The molecule has 1 nitrogen and oxygen atoms in total. The second kappa shape index (κ2) is 7.14. The fraction of sp³-hybridized carbons (Fsp3) is 0.364. The molecule has 3 atom stereocenters. The third kappa shape index (κ3) is 3.40. The number of benzene rings is 2.